The van der Waals surface area contributed by atoms with Crippen LogP contribution in [0.5, 0.6) is 0 Å². The van der Waals surface area contributed by atoms with Gasteiger partial charge < -0.3 is 0 Å². The normalized spacial score (nSPS) is 11.5. The summed E-state index contributed by atoms with van der Waals surface area (Å²) in [5.74, 6) is -4.48. The highest BCUT2D eigenvalue weighted by atomic mass is 35.5. The van der Waals surface area contributed by atoms with Gasteiger partial charge in [-0.15, -0.1) is 0 Å². The average Bonchev–Trinajstić information content (AvgIpc) is 2.32. The van der Waals surface area contributed by atoms with Crippen molar-refractivity contribution < 1.29 is 21.6 Å². The van der Waals surface area contributed by atoms with Crippen molar-refractivity contribution in [3.8, 4) is 0 Å². The number of hydrogen-bond acceptors (Lipinski definition) is 4. The van der Waals surface area contributed by atoms with Gasteiger partial charge in [0, 0.05) is 12.1 Å². The zero-order chi connectivity index (χ0) is 15.8. The molecule has 0 radical (unpaired) electrons. The van der Waals surface area contributed by atoms with Gasteiger partial charge in [0.15, 0.2) is 15.2 Å². The van der Waals surface area contributed by atoms with Gasteiger partial charge in [0.2, 0.25) is 0 Å². The van der Waals surface area contributed by atoms with Crippen LogP contribution in [-0.4, -0.2) is 18.4 Å². The van der Waals surface area contributed by atoms with E-state index in [2.05, 4.69) is 9.97 Å². The van der Waals surface area contributed by atoms with Crippen molar-refractivity contribution in [1.82, 2.24) is 9.97 Å². The molecule has 1 N–H and O–H groups in total. The number of aromatic nitrogens is 2. The van der Waals surface area contributed by atoms with Crippen LogP contribution in [0, 0.1) is 17.5 Å². The van der Waals surface area contributed by atoms with Crippen LogP contribution < -0.4 is 4.72 Å². The molecular formula is C10H4Cl2F3N3O2S. The van der Waals surface area contributed by atoms with Crippen LogP contribution >= 0.6 is 23.2 Å². The molecular weight excluding hydrogens is 354 g/mol. The number of rotatable bonds is 3. The Bertz CT molecular complexity index is 774. The summed E-state index contributed by atoms with van der Waals surface area (Å²) in [6.07, 6.45) is 0.960. The predicted octanol–water partition coefficient (Wildman–Crippen LogP) is 3.00. The second-order valence-corrected chi connectivity index (χ2v) is 5.97. The molecule has 0 atom stereocenters. The molecule has 112 valence electrons. The molecule has 0 unspecified atom stereocenters. The van der Waals surface area contributed by atoms with E-state index < -0.39 is 38.1 Å². The van der Waals surface area contributed by atoms with Gasteiger partial charge in [0.25, 0.3) is 10.0 Å². The second-order valence-electron chi connectivity index (χ2n) is 3.63. The molecule has 1 heterocycles. The van der Waals surface area contributed by atoms with Crippen LogP contribution in [0.3, 0.4) is 0 Å². The van der Waals surface area contributed by atoms with Gasteiger partial charge in [-0.1, -0.05) is 23.2 Å². The molecule has 0 fully saturated rings. The highest BCUT2D eigenvalue weighted by molar-refractivity contribution is 7.92. The Morgan fingerprint density at radius 2 is 1.48 bits per heavy atom. The van der Waals surface area contributed by atoms with Crippen molar-refractivity contribution in [2.75, 3.05) is 4.72 Å². The lowest BCUT2D eigenvalue weighted by molar-refractivity contribution is 0.498. The van der Waals surface area contributed by atoms with Crippen molar-refractivity contribution in [3.63, 3.8) is 0 Å². The summed E-state index contributed by atoms with van der Waals surface area (Å²) in [5, 5.41) is -0.747. The lowest BCUT2D eigenvalue weighted by Crippen LogP contribution is -2.17. The van der Waals surface area contributed by atoms with E-state index in [4.69, 9.17) is 23.2 Å². The third kappa shape index (κ3) is 3.20. The van der Waals surface area contributed by atoms with Gasteiger partial charge in [-0.25, -0.2) is 31.6 Å². The van der Waals surface area contributed by atoms with E-state index in [0.29, 0.717) is 0 Å². The first-order chi connectivity index (χ1) is 9.72. The third-order valence-electron chi connectivity index (χ3n) is 2.22. The quantitative estimate of drug-likeness (QED) is 0.857. The topological polar surface area (TPSA) is 72.0 Å². The fourth-order valence-corrected chi connectivity index (χ4v) is 3.12. The molecule has 1 aromatic heterocycles. The number of hydrogen-bond donors (Lipinski definition) is 1. The molecule has 0 saturated heterocycles. The maximum Gasteiger partial charge on any atom is 0.267 e. The second kappa shape index (κ2) is 5.66. The highest BCUT2D eigenvalue weighted by Gasteiger charge is 2.27. The van der Waals surface area contributed by atoms with E-state index in [9.17, 15) is 21.6 Å². The summed E-state index contributed by atoms with van der Waals surface area (Å²) in [6.45, 7) is 0. The van der Waals surface area contributed by atoms with Crippen molar-refractivity contribution >= 4 is 38.9 Å². The lowest BCUT2D eigenvalue weighted by atomic mass is 10.3. The summed E-state index contributed by atoms with van der Waals surface area (Å²) in [7, 11) is -4.75. The Hall–Kier alpha value is -1.58. The van der Waals surface area contributed by atoms with Crippen LogP contribution in [0.15, 0.2) is 23.4 Å². The minimum absolute atomic E-state index is 0.225. The largest absolute Gasteiger partial charge is 0.273 e. The van der Waals surface area contributed by atoms with Crippen molar-refractivity contribution in [2.45, 2.75) is 4.90 Å². The standard InChI is InChI=1S/C10H4Cl2F3N3O2S/c11-9-7(10(12)17-3-16-9)18-21(19,20)8-5(14)1-4(13)2-6(8)15/h1-3,18H. The average molecular weight is 358 g/mol. The molecule has 0 spiro atoms. The molecule has 11 heteroatoms. The highest BCUT2D eigenvalue weighted by Crippen LogP contribution is 2.30. The summed E-state index contributed by atoms with van der Waals surface area (Å²) in [6, 6.07) is 0.449. The molecule has 21 heavy (non-hydrogen) atoms. The molecule has 5 nitrogen and oxygen atoms in total. The van der Waals surface area contributed by atoms with E-state index in [1.807, 2.05) is 0 Å². The summed E-state index contributed by atoms with van der Waals surface area (Å²) >= 11 is 11.2. The summed E-state index contributed by atoms with van der Waals surface area (Å²) < 4.78 is 65.5. The van der Waals surface area contributed by atoms with Gasteiger partial charge in [-0.3, -0.25) is 4.72 Å². The number of benzene rings is 1. The summed E-state index contributed by atoms with van der Waals surface area (Å²) in [5.41, 5.74) is -0.455. The molecule has 1 aromatic carbocycles. The Labute approximate surface area is 126 Å². The van der Waals surface area contributed by atoms with Gasteiger partial charge in [0.05, 0.1) is 0 Å². The fourth-order valence-electron chi connectivity index (χ4n) is 1.40. The first-order valence-electron chi connectivity index (χ1n) is 5.05. The maximum absolute atomic E-state index is 13.5. The van der Waals surface area contributed by atoms with E-state index in [-0.39, 0.29) is 22.4 Å². The van der Waals surface area contributed by atoms with Crippen molar-refractivity contribution in [1.29, 1.82) is 0 Å². The van der Waals surface area contributed by atoms with Gasteiger partial charge in [-0.2, -0.15) is 0 Å². The van der Waals surface area contributed by atoms with Gasteiger partial charge in [0.1, 0.15) is 29.5 Å². The lowest BCUT2D eigenvalue weighted by Gasteiger charge is -2.11. The third-order valence-corrected chi connectivity index (χ3v) is 4.20. The number of anilines is 1. The van der Waals surface area contributed by atoms with E-state index in [1.165, 1.54) is 0 Å². The van der Waals surface area contributed by atoms with E-state index in [1.54, 1.807) is 4.72 Å². The zero-order valence-corrected chi connectivity index (χ0v) is 12.1. The molecule has 0 aliphatic heterocycles. The van der Waals surface area contributed by atoms with Crippen LogP contribution in [0.4, 0.5) is 18.9 Å². The number of sulfonamides is 1. The van der Waals surface area contributed by atoms with Gasteiger partial charge >= 0.3 is 0 Å². The SMILES string of the molecule is O=S(=O)(Nc1c(Cl)ncnc1Cl)c1c(F)cc(F)cc1F. The van der Waals surface area contributed by atoms with E-state index in [0.717, 1.165) is 6.33 Å². The first kappa shape index (κ1) is 15.8. The molecule has 2 rings (SSSR count). The predicted molar refractivity (Wildman–Crippen MR) is 69.2 cm³/mol. The van der Waals surface area contributed by atoms with Crippen LogP contribution in [0.1, 0.15) is 0 Å². The number of halogens is 5. The fraction of sp³-hybridized carbons (Fsp3) is 0. The molecule has 0 saturated carbocycles. The molecule has 0 bridgehead atoms. The van der Waals surface area contributed by atoms with Crippen molar-refractivity contribution in [3.05, 3.63) is 46.2 Å². The van der Waals surface area contributed by atoms with Crippen molar-refractivity contribution in [2.24, 2.45) is 0 Å². The Kier molecular flexibility index (Phi) is 4.26. The monoisotopic (exact) mass is 357 g/mol. The maximum atomic E-state index is 13.5. The Morgan fingerprint density at radius 3 is 1.95 bits per heavy atom. The molecule has 2 aromatic rings. The molecule has 0 amide bonds. The minimum Gasteiger partial charge on any atom is -0.273 e. The van der Waals surface area contributed by atoms with Crippen LogP contribution in [0.2, 0.25) is 10.3 Å². The zero-order valence-electron chi connectivity index (χ0n) is 9.74. The summed E-state index contributed by atoms with van der Waals surface area (Å²) in [4.78, 5) is 5.57. The minimum atomic E-state index is -4.75. The molecule has 0 aliphatic carbocycles. The Balaban J connectivity index is 2.54. The first-order valence-corrected chi connectivity index (χ1v) is 7.29. The van der Waals surface area contributed by atoms with Crippen LogP contribution in [-0.2, 0) is 10.0 Å². The number of nitrogens with zero attached hydrogens (tertiary/aromatic N) is 2. The van der Waals surface area contributed by atoms with Crippen LogP contribution in [0.25, 0.3) is 0 Å². The van der Waals surface area contributed by atoms with E-state index >= 15 is 0 Å². The van der Waals surface area contributed by atoms with Gasteiger partial charge in [-0.05, 0) is 0 Å². The molecule has 0 aliphatic rings. The number of nitrogens with one attached hydrogen (secondary N) is 1. The Morgan fingerprint density at radius 1 is 1.00 bits per heavy atom. The smallest absolute Gasteiger partial charge is 0.267 e.